The van der Waals surface area contributed by atoms with E-state index in [1.165, 1.54) is 0 Å². The Kier molecular flexibility index (Phi) is 4.42. The van der Waals surface area contributed by atoms with Crippen LogP contribution in [0.25, 0.3) is 0 Å². The monoisotopic (exact) mass is 213 g/mol. The highest BCUT2D eigenvalue weighted by molar-refractivity contribution is 7.79. The van der Waals surface area contributed by atoms with E-state index in [1.807, 2.05) is 12.1 Å². The van der Waals surface area contributed by atoms with Crippen LogP contribution in [0.3, 0.4) is 0 Å². The molecule has 0 aliphatic carbocycles. The van der Waals surface area contributed by atoms with E-state index in [0.29, 0.717) is 13.0 Å². The number of nitrogens with one attached hydrogen (secondary N) is 1. The third kappa shape index (κ3) is 4.25. The average molecular weight is 213 g/mol. The molecule has 0 aliphatic heterocycles. The molecular formula is C9H13N2O2S-. The van der Waals surface area contributed by atoms with Crippen LogP contribution in [-0.4, -0.2) is 21.1 Å². The van der Waals surface area contributed by atoms with Crippen LogP contribution in [0.15, 0.2) is 24.3 Å². The Bertz CT molecular complexity index is 300. The lowest BCUT2D eigenvalue weighted by Crippen LogP contribution is -2.06. The summed E-state index contributed by atoms with van der Waals surface area (Å²) < 4.78 is 20.4. The second-order valence-electron chi connectivity index (χ2n) is 2.91. The molecule has 1 atom stereocenters. The van der Waals surface area contributed by atoms with Gasteiger partial charge in [-0.2, -0.15) is 0 Å². The van der Waals surface area contributed by atoms with Crippen LogP contribution in [0, 0.1) is 0 Å². The van der Waals surface area contributed by atoms with Gasteiger partial charge in [0.2, 0.25) is 0 Å². The molecule has 0 fully saturated rings. The number of benzene rings is 1. The van der Waals surface area contributed by atoms with Crippen molar-refractivity contribution in [3.63, 3.8) is 0 Å². The summed E-state index contributed by atoms with van der Waals surface area (Å²) in [6.07, 6.45) is 0.612. The highest BCUT2D eigenvalue weighted by atomic mass is 32.2. The van der Waals surface area contributed by atoms with E-state index in [4.69, 9.17) is 5.73 Å². The maximum absolute atomic E-state index is 10.2. The van der Waals surface area contributed by atoms with Crippen LogP contribution < -0.4 is 11.1 Å². The van der Waals surface area contributed by atoms with E-state index in [9.17, 15) is 8.76 Å². The Labute approximate surface area is 85.8 Å². The third-order valence-electron chi connectivity index (χ3n) is 1.73. The SMILES string of the molecule is Nc1ccc(NCCCS(=O)[O-])cc1. The molecule has 0 heterocycles. The number of hydrogen-bond donors (Lipinski definition) is 2. The maximum atomic E-state index is 10.2. The largest absolute Gasteiger partial charge is 0.772 e. The Hall–Kier alpha value is -1.07. The summed E-state index contributed by atoms with van der Waals surface area (Å²) in [6, 6.07) is 7.33. The van der Waals surface area contributed by atoms with Gasteiger partial charge in [0.25, 0.3) is 0 Å². The van der Waals surface area contributed by atoms with Gasteiger partial charge in [0, 0.05) is 23.7 Å². The number of anilines is 2. The zero-order chi connectivity index (χ0) is 10.4. The minimum Gasteiger partial charge on any atom is -0.772 e. The maximum Gasteiger partial charge on any atom is 0.0341 e. The van der Waals surface area contributed by atoms with E-state index < -0.39 is 11.1 Å². The van der Waals surface area contributed by atoms with Gasteiger partial charge in [0.15, 0.2) is 0 Å². The molecule has 1 aromatic carbocycles. The van der Waals surface area contributed by atoms with Gasteiger partial charge in [-0.05, 0) is 30.7 Å². The van der Waals surface area contributed by atoms with Crippen LogP contribution in [-0.2, 0) is 11.1 Å². The van der Waals surface area contributed by atoms with Gasteiger partial charge < -0.3 is 15.6 Å². The molecule has 78 valence electrons. The summed E-state index contributed by atoms with van der Waals surface area (Å²) in [5, 5.41) is 3.10. The number of hydrogen-bond acceptors (Lipinski definition) is 4. The molecule has 0 amide bonds. The Morgan fingerprint density at radius 3 is 2.57 bits per heavy atom. The van der Waals surface area contributed by atoms with Gasteiger partial charge in [-0.1, -0.05) is 11.1 Å². The molecule has 1 unspecified atom stereocenters. The van der Waals surface area contributed by atoms with Crippen molar-refractivity contribution < 1.29 is 8.76 Å². The van der Waals surface area contributed by atoms with Gasteiger partial charge in [-0.3, -0.25) is 4.21 Å². The number of nitrogens with two attached hydrogens (primary N) is 1. The van der Waals surface area contributed by atoms with Crippen molar-refractivity contribution in [2.75, 3.05) is 23.3 Å². The zero-order valence-electron chi connectivity index (χ0n) is 7.73. The van der Waals surface area contributed by atoms with Crippen LogP contribution in [0.1, 0.15) is 6.42 Å². The third-order valence-corrected chi connectivity index (χ3v) is 2.35. The number of rotatable bonds is 5. The first kappa shape index (κ1) is 11.0. The fraction of sp³-hybridized carbons (Fsp3) is 0.333. The highest BCUT2D eigenvalue weighted by Gasteiger charge is 1.91. The average Bonchev–Trinajstić information content (AvgIpc) is 2.15. The summed E-state index contributed by atoms with van der Waals surface area (Å²) in [5.74, 6) is 0.196. The first-order valence-corrected chi connectivity index (χ1v) is 5.58. The lowest BCUT2D eigenvalue weighted by Gasteiger charge is -2.07. The van der Waals surface area contributed by atoms with Gasteiger partial charge in [-0.25, -0.2) is 0 Å². The zero-order valence-corrected chi connectivity index (χ0v) is 8.55. The van der Waals surface area contributed by atoms with Crippen LogP contribution in [0.5, 0.6) is 0 Å². The molecule has 1 aromatic rings. The van der Waals surface area contributed by atoms with E-state index in [-0.39, 0.29) is 5.75 Å². The molecule has 4 nitrogen and oxygen atoms in total. The van der Waals surface area contributed by atoms with Crippen molar-refractivity contribution in [2.24, 2.45) is 0 Å². The fourth-order valence-electron chi connectivity index (χ4n) is 1.02. The topological polar surface area (TPSA) is 78.2 Å². The van der Waals surface area contributed by atoms with Gasteiger partial charge in [0.1, 0.15) is 0 Å². The van der Waals surface area contributed by atoms with Gasteiger partial charge in [-0.15, -0.1) is 0 Å². The summed E-state index contributed by atoms with van der Waals surface area (Å²) in [5.41, 5.74) is 7.19. The minimum atomic E-state index is -1.94. The first-order valence-electron chi connectivity index (χ1n) is 4.34. The van der Waals surface area contributed by atoms with Crippen molar-refractivity contribution in [3.05, 3.63) is 24.3 Å². The standard InChI is InChI=1S/C9H14N2O2S/c10-8-2-4-9(5-3-8)11-6-1-7-14(12)13/h2-5,11H,1,6-7,10H2,(H,12,13)/p-1. The molecule has 0 saturated heterocycles. The smallest absolute Gasteiger partial charge is 0.0341 e. The summed E-state index contributed by atoms with van der Waals surface area (Å²) in [6.45, 7) is 0.651. The van der Waals surface area contributed by atoms with Crippen molar-refractivity contribution >= 4 is 22.5 Å². The van der Waals surface area contributed by atoms with Crippen molar-refractivity contribution in [1.29, 1.82) is 0 Å². The second-order valence-corrected chi connectivity index (χ2v) is 3.93. The van der Waals surface area contributed by atoms with Crippen molar-refractivity contribution in [3.8, 4) is 0 Å². The molecule has 1 rings (SSSR count). The van der Waals surface area contributed by atoms with Gasteiger partial charge in [0.05, 0.1) is 0 Å². The Morgan fingerprint density at radius 2 is 2.00 bits per heavy atom. The summed E-state index contributed by atoms with van der Waals surface area (Å²) in [4.78, 5) is 0. The van der Waals surface area contributed by atoms with Crippen LogP contribution in [0.4, 0.5) is 11.4 Å². The molecule has 0 saturated carbocycles. The molecule has 0 spiro atoms. The lowest BCUT2D eigenvalue weighted by atomic mass is 10.3. The quantitative estimate of drug-likeness (QED) is 0.433. The van der Waals surface area contributed by atoms with Crippen LogP contribution >= 0.6 is 0 Å². The summed E-state index contributed by atoms with van der Waals surface area (Å²) in [7, 11) is 0. The van der Waals surface area contributed by atoms with Crippen molar-refractivity contribution in [2.45, 2.75) is 6.42 Å². The first-order chi connectivity index (χ1) is 6.68. The van der Waals surface area contributed by atoms with Crippen LogP contribution in [0.2, 0.25) is 0 Å². The Balaban J connectivity index is 2.25. The molecule has 0 aromatic heterocycles. The second kappa shape index (κ2) is 5.62. The molecule has 5 heteroatoms. The highest BCUT2D eigenvalue weighted by Crippen LogP contribution is 2.09. The van der Waals surface area contributed by atoms with E-state index >= 15 is 0 Å². The van der Waals surface area contributed by atoms with Gasteiger partial charge >= 0.3 is 0 Å². The predicted molar refractivity (Wildman–Crippen MR) is 57.7 cm³/mol. The molecule has 0 bridgehead atoms. The predicted octanol–water partition coefficient (Wildman–Crippen LogP) is 0.950. The summed E-state index contributed by atoms with van der Waals surface area (Å²) >= 11 is -1.94. The molecular weight excluding hydrogens is 200 g/mol. The lowest BCUT2D eigenvalue weighted by molar-refractivity contribution is 0.535. The minimum absolute atomic E-state index is 0.196. The molecule has 14 heavy (non-hydrogen) atoms. The Morgan fingerprint density at radius 1 is 1.36 bits per heavy atom. The van der Waals surface area contributed by atoms with Crippen molar-refractivity contribution in [1.82, 2.24) is 0 Å². The van der Waals surface area contributed by atoms with E-state index in [2.05, 4.69) is 5.32 Å². The fourth-order valence-corrected chi connectivity index (χ4v) is 1.40. The van der Waals surface area contributed by atoms with E-state index in [0.717, 1.165) is 11.4 Å². The number of nitrogen functional groups attached to an aromatic ring is 1. The van der Waals surface area contributed by atoms with E-state index in [1.54, 1.807) is 12.1 Å². The molecule has 0 radical (unpaired) electrons. The molecule has 0 aliphatic rings. The normalized spacial score (nSPS) is 12.4. The molecule has 3 N–H and O–H groups in total.